The standard InChI is InChI=1S/C32H42O3Si/c1-25(23-33)30(35-36(6,7)31(3,4)5)26(2)24-34-32(27-17-11-8-12-18-27,28-19-13-9-14-20-28)29-21-15-10-16-22-29/h8-23,25-26,30H,24H2,1-7H3/t25-,26?,30+/m0/s1. The van der Waals surface area contributed by atoms with Crippen molar-refractivity contribution in [3.63, 3.8) is 0 Å². The van der Waals surface area contributed by atoms with Crippen molar-refractivity contribution in [3.8, 4) is 0 Å². The molecule has 0 heterocycles. The van der Waals surface area contributed by atoms with Crippen molar-refractivity contribution in [2.24, 2.45) is 11.8 Å². The molecule has 36 heavy (non-hydrogen) atoms. The van der Waals surface area contributed by atoms with E-state index < -0.39 is 13.9 Å². The van der Waals surface area contributed by atoms with Gasteiger partial charge in [0.25, 0.3) is 0 Å². The molecule has 3 aromatic carbocycles. The number of hydrogen-bond donors (Lipinski definition) is 0. The number of aldehydes is 1. The minimum Gasteiger partial charge on any atom is -0.413 e. The van der Waals surface area contributed by atoms with Gasteiger partial charge in [-0.1, -0.05) is 126 Å². The molecule has 3 nitrogen and oxygen atoms in total. The van der Waals surface area contributed by atoms with Crippen molar-refractivity contribution in [3.05, 3.63) is 108 Å². The highest BCUT2D eigenvalue weighted by atomic mass is 28.4. The van der Waals surface area contributed by atoms with Crippen LogP contribution in [0.2, 0.25) is 18.1 Å². The summed E-state index contributed by atoms with van der Waals surface area (Å²) in [6.45, 7) is 15.7. The molecule has 0 aromatic heterocycles. The van der Waals surface area contributed by atoms with Gasteiger partial charge in [-0.2, -0.15) is 0 Å². The van der Waals surface area contributed by atoms with Crippen molar-refractivity contribution >= 4 is 14.6 Å². The largest absolute Gasteiger partial charge is 0.413 e. The lowest BCUT2D eigenvalue weighted by Gasteiger charge is -2.43. The normalized spacial score (nSPS) is 15.2. The lowest BCUT2D eigenvalue weighted by Crippen LogP contribution is -2.48. The van der Waals surface area contributed by atoms with Gasteiger partial charge in [-0.25, -0.2) is 0 Å². The Balaban J connectivity index is 2.05. The molecule has 3 rings (SSSR count). The lowest BCUT2D eigenvalue weighted by atomic mass is 9.80. The summed E-state index contributed by atoms with van der Waals surface area (Å²) in [5.41, 5.74) is 2.42. The topological polar surface area (TPSA) is 35.5 Å². The van der Waals surface area contributed by atoms with Crippen LogP contribution in [0.3, 0.4) is 0 Å². The highest BCUT2D eigenvalue weighted by Crippen LogP contribution is 2.42. The van der Waals surface area contributed by atoms with E-state index >= 15 is 0 Å². The summed E-state index contributed by atoms with van der Waals surface area (Å²) in [6, 6.07) is 31.2. The molecular weight excluding hydrogens is 460 g/mol. The third kappa shape index (κ3) is 6.05. The first-order valence-corrected chi connectivity index (χ1v) is 15.9. The first-order chi connectivity index (χ1) is 17.0. The van der Waals surface area contributed by atoms with Crippen molar-refractivity contribution in [2.45, 2.75) is 64.5 Å². The van der Waals surface area contributed by atoms with Crippen molar-refractivity contribution in [2.75, 3.05) is 6.61 Å². The van der Waals surface area contributed by atoms with E-state index in [9.17, 15) is 4.79 Å². The summed E-state index contributed by atoms with van der Waals surface area (Å²) >= 11 is 0. The molecule has 4 heteroatoms. The fourth-order valence-electron chi connectivity index (χ4n) is 4.46. The van der Waals surface area contributed by atoms with Crippen LogP contribution in [0.25, 0.3) is 0 Å². The lowest BCUT2D eigenvalue weighted by molar-refractivity contribution is -0.115. The number of carbonyl (C=O) groups excluding carboxylic acids is 1. The Kier molecular flexibility index (Phi) is 9.10. The zero-order chi connectivity index (χ0) is 26.4. The van der Waals surface area contributed by atoms with Gasteiger partial charge >= 0.3 is 0 Å². The average molecular weight is 503 g/mol. The Labute approximate surface area is 219 Å². The smallest absolute Gasteiger partial charge is 0.192 e. The molecule has 0 aliphatic heterocycles. The second-order valence-electron chi connectivity index (χ2n) is 11.4. The number of carbonyl (C=O) groups is 1. The summed E-state index contributed by atoms with van der Waals surface area (Å²) in [6.07, 6.45) is 0.802. The molecule has 0 amide bonds. The van der Waals surface area contributed by atoms with E-state index in [-0.39, 0.29) is 23.0 Å². The molecule has 0 spiro atoms. The van der Waals surface area contributed by atoms with E-state index in [1.807, 2.05) is 25.1 Å². The summed E-state index contributed by atoms with van der Waals surface area (Å²) in [7, 11) is -2.09. The van der Waals surface area contributed by atoms with Crippen molar-refractivity contribution in [1.29, 1.82) is 0 Å². The molecule has 0 N–H and O–H groups in total. The minimum absolute atomic E-state index is 0.00911. The molecule has 0 fully saturated rings. The van der Waals surface area contributed by atoms with E-state index in [1.54, 1.807) is 0 Å². The Bertz CT molecular complexity index is 978. The van der Waals surface area contributed by atoms with Crippen LogP contribution in [0, 0.1) is 11.8 Å². The average Bonchev–Trinajstić information content (AvgIpc) is 2.88. The fraction of sp³-hybridized carbons (Fsp3) is 0.406. The summed E-state index contributed by atoms with van der Waals surface area (Å²) in [5.74, 6) is -0.216. The molecule has 192 valence electrons. The quantitative estimate of drug-likeness (QED) is 0.152. The summed E-state index contributed by atoms with van der Waals surface area (Å²) in [4.78, 5) is 11.9. The zero-order valence-electron chi connectivity index (χ0n) is 22.9. The molecule has 0 bridgehead atoms. The van der Waals surface area contributed by atoms with Crippen LogP contribution in [0.1, 0.15) is 51.3 Å². The molecule has 3 aromatic rings. The zero-order valence-corrected chi connectivity index (χ0v) is 23.9. The molecular formula is C32H42O3Si. The van der Waals surface area contributed by atoms with Gasteiger partial charge in [-0.15, -0.1) is 0 Å². The maximum absolute atomic E-state index is 11.9. The van der Waals surface area contributed by atoms with Crippen LogP contribution in [-0.2, 0) is 19.6 Å². The van der Waals surface area contributed by atoms with Crippen molar-refractivity contribution < 1.29 is 14.0 Å². The SMILES string of the molecule is CC(COC(c1ccccc1)(c1ccccc1)c1ccccc1)[C@H](O[Si](C)(C)C(C)(C)C)[C@@H](C)C=O. The third-order valence-electron chi connectivity index (χ3n) is 7.63. The van der Waals surface area contributed by atoms with Gasteiger partial charge in [0.05, 0.1) is 12.7 Å². The minimum atomic E-state index is -2.09. The predicted octanol–water partition coefficient (Wildman–Crippen LogP) is 7.86. The number of rotatable bonds is 11. The van der Waals surface area contributed by atoms with Crippen LogP contribution < -0.4 is 0 Å². The van der Waals surface area contributed by atoms with Gasteiger partial charge in [0.15, 0.2) is 8.32 Å². The van der Waals surface area contributed by atoms with Gasteiger partial charge in [-0.05, 0) is 34.8 Å². The Hall–Kier alpha value is -2.53. The van der Waals surface area contributed by atoms with Gasteiger partial charge in [0, 0.05) is 11.8 Å². The predicted molar refractivity (Wildman–Crippen MR) is 152 cm³/mol. The molecule has 1 unspecified atom stereocenters. The first-order valence-electron chi connectivity index (χ1n) is 13.0. The number of benzene rings is 3. The molecule has 0 aliphatic carbocycles. The molecule has 0 radical (unpaired) electrons. The van der Waals surface area contributed by atoms with Gasteiger partial charge in [-0.3, -0.25) is 0 Å². The van der Waals surface area contributed by atoms with Gasteiger partial charge < -0.3 is 14.0 Å². The maximum atomic E-state index is 11.9. The van der Waals surface area contributed by atoms with Crippen LogP contribution in [0.5, 0.6) is 0 Å². The third-order valence-corrected chi connectivity index (χ3v) is 12.1. The van der Waals surface area contributed by atoms with Crippen LogP contribution in [-0.4, -0.2) is 27.3 Å². The Morgan fingerprint density at radius 1 is 0.750 bits per heavy atom. The maximum Gasteiger partial charge on any atom is 0.192 e. The summed E-state index contributed by atoms with van der Waals surface area (Å²) < 4.78 is 13.9. The molecule has 3 atom stereocenters. The molecule has 0 aliphatic rings. The molecule has 0 saturated carbocycles. The fourth-order valence-corrected chi connectivity index (χ4v) is 5.94. The van der Waals surface area contributed by atoms with Crippen LogP contribution in [0.15, 0.2) is 91.0 Å². The Morgan fingerprint density at radius 2 is 1.14 bits per heavy atom. The van der Waals surface area contributed by atoms with Gasteiger partial charge in [0.1, 0.15) is 11.9 Å². The monoisotopic (exact) mass is 502 g/mol. The van der Waals surface area contributed by atoms with Crippen LogP contribution in [0.4, 0.5) is 0 Å². The van der Waals surface area contributed by atoms with Gasteiger partial charge in [0.2, 0.25) is 0 Å². The Morgan fingerprint density at radius 3 is 1.47 bits per heavy atom. The highest BCUT2D eigenvalue weighted by molar-refractivity contribution is 6.74. The molecule has 0 saturated heterocycles. The van der Waals surface area contributed by atoms with E-state index in [2.05, 4.69) is 114 Å². The first kappa shape index (κ1) is 28.0. The number of ether oxygens (including phenoxy) is 1. The second-order valence-corrected chi connectivity index (χ2v) is 16.2. The second kappa shape index (κ2) is 11.7. The van der Waals surface area contributed by atoms with Crippen LogP contribution >= 0.6 is 0 Å². The van der Waals surface area contributed by atoms with E-state index in [4.69, 9.17) is 9.16 Å². The van der Waals surface area contributed by atoms with E-state index in [1.165, 1.54) is 0 Å². The van der Waals surface area contributed by atoms with Crippen molar-refractivity contribution in [1.82, 2.24) is 0 Å². The highest BCUT2D eigenvalue weighted by Gasteiger charge is 2.43. The number of hydrogen-bond acceptors (Lipinski definition) is 3. The summed E-state index contributed by atoms with van der Waals surface area (Å²) in [5, 5.41) is 0.0519. The van der Waals surface area contributed by atoms with E-state index in [0.717, 1.165) is 23.0 Å². The van der Waals surface area contributed by atoms with E-state index in [0.29, 0.717) is 6.61 Å².